The molecule has 1 N–H and O–H groups in total. The molecule has 0 unspecified atom stereocenters. The highest BCUT2D eigenvalue weighted by Crippen LogP contribution is 2.34. The van der Waals surface area contributed by atoms with Crippen LogP contribution in [0.15, 0.2) is 59.5 Å². The van der Waals surface area contributed by atoms with E-state index in [9.17, 15) is 13.2 Å². The summed E-state index contributed by atoms with van der Waals surface area (Å²) in [5.74, 6) is -0.134. The van der Waals surface area contributed by atoms with Gasteiger partial charge in [0.05, 0.1) is 10.4 Å². The molecule has 1 aliphatic heterocycles. The number of benzene rings is 2. The normalized spacial score (nSPS) is 21.0. The van der Waals surface area contributed by atoms with Crippen LogP contribution >= 0.6 is 11.6 Å². The third-order valence-electron chi connectivity index (χ3n) is 4.96. The minimum Gasteiger partial charge on any atom is -0.352 e. The summed E-state index contributed by atoms with van der Waals surface area (Å²) in [6.07, 6.45) is 1.26. The van der Waals surface area contributed by atoms with Gasteiger partial charge in [0, 0.05) is 19.6 Å². The van der Waals surface area contributed by atoms with Gasteiger partial charge in [0.2, 0.25) is 15.9 Å². The molecule has 0 bridgehead atoms. The molecule has 0 aromatic heterocycles. The standard InChI is InChI=1S/C20H23ClN2O3S/c1-20(19(24)22-14-16-8-3-2-4-9-16)12-7-13-23(15-20)27(25,26)18-11-6-5-10-17(18)21/h2-6,8-11H,7,12-15H2,1H3,(H,22,24)/t20-/m1/s1. The summed E-state index contributed by atoms with van der Waals surface area (Å²) in [6.45, 7) is 2.77. The molecule has 1 saturated heterocycles. The summed E-state index contributed by atoms with van der Waals surface area (Å²) in [5.41, 5.74) is 0.229. The van der Waals surface area contributed by atoms with Crippen molar-refractivity contribution in [1.82, 2.24) is 9.62 Å². The number of carbonyl (C=O) groups is 1. The maximum absolute atomic E-state index is 13.0. The first kappa shape index (κ1) is 19.9. The Morgan fingerprint density at radius 2 is 1.81 bits per heavy atom. The van der Waals surface area contributed by atoms with E-state index in [1.165, 1.54) is 10.4 Å². The molecule has 144 valence electrons. The Morgan fingerprint density at radius 1 is 1.15 bits per heavy atom. The van der Waals surface area contributed by atoms with Crippen molar-refractivity contribution < 1.29 is 13.2 Å². The minimum atomic E-state index is -3.74. The largest absolute Gasteiger partial charge is 0.352 e. The summed E-state index contributed by atoms with van der Waals surface area (Å²) >= 11 is 6.09. The number of piperidine rings is 1. The highest BCUT2D eigenvalue weighted by atomic mass is 35.5. The lowest BCUT2D eigenvalue weighted by Crippen LogP contribution is -2.51. The van der Waals surface area contributed by atoms with Gasteiger partial charge in [-0.1, -0.05) is 54.1 Å². The number of amides is 1. The fraction of sp³-hybridized carbons (Fsp3) is 0.350. The molecule has 0 spiro atoms. The molecule has 0 radical (unpaired) electrons. The Kier molecular flexibility index (Phi) is 5.89. The van der Waals surface area contributed by atoms with Crippen LogP contribution in [-0.2, 0) is 21.4 Å². The minimum absolute atomic E-state index is 0.0839. The Labute approximate surface area is 165 Å². The second-order valence-corrected chi connectivity index (χ2v) is 9.42. The van der Waals surface area contributed by atoms with Crippen molar-refractivity contribution in [3.05, 3.63) is 65.2 Å². The quantitative estimate of drug-likeness (QED) is 0.826. The lowest BCUT2D eigenvalue weighted by atomic mass is 9.82. The molecule has 3 rings (SSSR count). The van der Waals surface area contributed by atoms with E-state index < -0.39 is 15.4 Å². The summed E-state index contributed by atoms with van der Waals surface area (Å²) in [4.78, 5) is 12.9. The zero-order valence-electron chi connectivity index (χ0n) is 15.2. The van der Waals surface area contributed by atoms with Crippen LogP contribution in [0.1, 0.15) is 25.3 Å². The summed E-state index contributed by atoms with van der Waals surface area (Å²) in [7, 11) is -3.74. The molecule has 0 saturated carbocycles. The molecule has 7 heteroatoms. The van der Waals surface area contributed by atoms with Crippen LogP contribution in [0.4, 0.5) is 0 Å². The van der Waals surface area contributed by atoms with Crippen molar-refractivity contribution in [2.45, 2.75) is 31.2 Å². The molecule has 1 amide bonds. The summed E-state index contributed by atoms with van der Waals surface area (Å²) in [5, 5.41) is 3.14. The molecular weight excluding hydrogens is 384 g/mol. The molecule has 1 aliphatic rings. The Balaban J connectivity index is 1.74. The second kappa shape index (κ2) is 8.00. The first-order valence-corrected chi connectivity index (χ1v) is 10.7. The summed E-state index contributed by atoms with van der Waals surface area (Å²) in [6, 6.07) is 16.0. The fourth-order valence-electron chi connectivity index (χ4n) is 3.37. The second-order valence-electron chi connectivity index (χ2n) is 7.10. The summed E-state index contributed by atoms with van der Waals surface area (Å²) < 4.78 is 27.4. The van der Waals surface area contributed by atoms with Crippen molar-refractivity contribution in [1.29, 1.82) is 0 Å². The van der Waals surface area contributed by atoms with Gasteiger partial charge in [-0.2, -0.15) is 4.31 Å². The van der Waals surface area contributed by atoms with E-state index in [2.05, 4.69) is 5.32 Å². The Bertz CT molecular complexity index is 918. The average Bonchev–Trinajstić information content (AvgIpc) is 2.67. The van der Waals surface area contributed by atoms with Gasteiger partial charge >= 0.3 is 0 Å². The molecular formula is C20H23ClN2O3S. The van der Waals surface area contributed by atoms with Crippen LogP contribution in [0, 0.1) is 5.41 Å². The predicted octanol–water partition coefficient (Wildman–Crippen LogP) is 3.45. The zero-order chi connectivity index (χ0) is 19.5. The van der Waals surface area contributed by atoms with Gasteiger partial charge in [-0.15, -0.1) is 0 Å². The topological polar surface area (TPSA) is 66.5 Å². The van der Waals surface area contributed by atoms with Crippen LogP contribution in [0.5, 0.6) is 0 Å². The molecule has 1 atom stereocenters. The highest BCUT2D eigenvalue weighted by Gasteiger charge is 2.42. The van der Waals surface area contributed by atoms with E-state index in [0.717, 1.165) is 5.56 Å². The first-order chi connectivity index (χ1) is 12.8. The van der Waals surface area contributed by atoms with E-state index in [1.807, 2.05) is 37.3 Å². The molecule has 5 nitrogen and oxygen atoms in total. The van der Waals surface area contributed by atoms with Crippen molar-refractivity contribution in [2.75, 3.05) is 13.1 Å². The molecule has 1 fully saturated rings. The van der Waals surface area contributed by atoms with E-state index in [1.54, 1.807) is 18.2 Å². The third kappa shape index (κ3) is 4.34. The highest BCUT2D eigenvalue weighted by molar-refractivity contribution is 7.89. The molecule has 2 aromatic rings. The lowest BCUT2D eigenvalue weighted by molar-refractivity contribution is -0.132. The van der Waals surface area contributed by atoms with Crippen LogP contribution in [0.3, 0.4) is 0 Å². The van der Waals surface area contributed by atoms with Gasteiger partial charge in [-0.3, -0.25) is 4.79 Å². The van der Waals surface area contributed by atoms with Gasteiger partial charge in [0.25, 0.3) is 0 Å². The number of sulfonamides is 1. The van der Waals surface area contributed by atoms with Crippen molar-refractivity contribution in [2.24, 2.45) is 5.41 Å². The number of nitrogens with zero attached hydrogens (tertiary/aromatic N) is 1. The van der Waals surface area contributed by atoms with Gasteiger partial charge in [-0.25, -0.2) is 8.42 Å². The lowest BCUT2D eigenvalue weighted by Gasteiger charge is -2.38. The monoisotopic (exact) mass is 406 g/mol. The number of hydrogen-bond acceptors (Lipinski definition) is 3. The SMILES string of the molecule is C[C@@]1(C(=O)NCc2ccccc2)CCCN(S(=O)(=O)c2ccccc2Cl)C1. The van der Waals surface area contributed by atoms with Crippen LogP contribution in [0.2, 0.25) is 5.02 Å². The van der Waals surface area contributed by atoms with Gasteiger partial charge < -0.3 is 5.32 Å². The molecule has 1 heterocycles. The average molecular weight is 407 g/mol. The zero-order valence-corrected chi connectivity index (χ0v) is 16.8. The third-order valence-corrected chi connectivity index (χ3v) is 7.30. The first-order valence-electron chi connectivity index (χ1n) is 8.90. The van der Waals surface area contributed by atoms with Crippen molar-refractivity contribution in [3.63, 3.8) is 0 Å². The molecule has 0 aliphatic carbocycles. The van der Waals surface area contributed by atoms with E-state index in [-0.39, 0.29) is 22.4 Å². The van der Waals surface area contributed by atoms with E-state index in [4.69, 9.17) is 11.6 Å². The van der Waals surface area contributed by atoms with Crippen LogP contribution in [0.25, 0.3) is 0 Å². The maximum atomic E-state index is 13.0. The van der Waals surface area contributed by atoms with Gasteiger partial charge in [0.15, 0.2) is 0 Å². The smallest absolute Gasteiger partial charge is 0.244 e. The van der Waals surface area contributed by atoms with Crippen molar-refractivity contribution >= 4 is 27.5 Å². The Hall–Kier alpha value is -1.89. The number of halogens is 1. The Morgan fingerprint density at radius 3 is 2.52 bits per heavy atom. The van der Waals surface area contributed by atoms with Crippen LogP contribution in [-0.4, -0.2) is 31.7 Å². The fourth-order valence-corrected chi connectivity index (χ4v) is 5.46. The molecule has 27 heavy (non-hydrogen) atoms. The number of rotatable bonds is 5. The van der Waals surface area contributed by atoms with Crippen LogP contribution < -0.4 is 5.32 Å². The van der Waals surface area contributed by atoms with E-state index >= 15 is 0 Å². The van der Waals surface area contributed by atoms with E-state index in [0.29, 0.717) is 25.9 Å². The number of nitrogens with one attached hydrogen (secondary N) is 1. The number of hydrogen-bond donors (Lipinski definition) is 1. The van der Waals surface area contributed by atoms with Gasteiger partial charge in [-0.05, 0) is 37.5 Å². The molecule has 2 aromatic carbocycles. The van der Waals surface area contributed by atoms with Crippen molar-refractivity contribution in [3.8, 4) is 0 Å². The number of carbonyl (C=O) groups excluding carboxylic acids is 1. The maximum Gasteiger partial charge on any atom is 0.244 e. The van der Waals surface area contributed by atoms with Gasteiger partial charge in [0.1, 0.15) is 4.90 Å². The predicted molar refractivity (Wildman–Crippen MR) is 106 cm³/mol.